The minimum absolute atomic E-state index is 0.226. The van der Waals surface area contributed by atoms with Crippen LogP contribution in [0.2, 0.25) is 6.04 Å². The van der Waals surface area contributed by atoms with Crippen LogP contribution >= 0.6 is 0 Å². The highest BCUT2D eigenvalue weighted by atomic mass is 28.4. The van der Waals surface area contributed by atoms with E-state index in [-0.39, 0.29) is 5.96 Å². The van der Waals surface area contributed by atoms with E-state index in [2.05, 4.69) is 4.99 Å². The Morgan fingerprint density at radius 3 is 2.00 bits per heavy atom. The Morgan fingerprint density at radius 2 is 1.64 bits per heavy atom. The highest BCUT2D eigenvalue weighted by Gasteiger charge is 2.36. The fourth-order valence-corrected chi connectivity index (χ4v) is 2.82. The largest absolute Gasteiger partial charge is 0.500 e. The van der Waals surface area contributed by atoms with E-state index in [9.17, 15) is 0 Å². The van der Waals surface area contributed by atoms with Crippen molar-refractivity contribution in [3.8, 4) is 0 Å². The second-order valence-corrected chi connectivity index (χ2v) is 5.87. The molecular formula is C7H20N3O3Si+. The summed E-state index contributed by atoms with van der Waals surface area (Å²) in [5.41, 5.74) is 10.5. The van der Waals surface area contributed by atoms with Crippen LogP contribution in [0.1, 0.15) is 6.42 Å². The molecule has 0 spiro atoms. The molecule has 0 saturated carbocycles. The average Bonchev–Trinajstić information content (AvgIpc) is 2.19. The Hall–Kier alpha value is -0.633. The van der Waals surface area contributed by atoms with Gasteiger partial charge in [0, 0.05) is 27.4 Å². The molecular weight excluding hydrogens is 202 g/mol. The predicted octanol–water partition coefficient (Wildman–Crippen LogP) is -2.39. The normalized spacial score (nSPS) is 11.4. The van der Waals surface area contributed by atoms with Crippen LogP contribution in [0.25, 0.3) is 0 Å². The first-order valence-electron chi connectivity index (χ1n) is 4.37. The summed E-state index contributed by atoms with van der Waals surface area (Å²) in [4.78, 5) is 2.82. The van der Waals surface area contributed by atoms with Crippen molar-refractivity contribution in [2.75, 3.05) is 27.9 Å². The van der Waals surface area contributed by atoms with Crippen molar-refractivity contribution in [1.82, 2.24) is 0 Å². The lowest BCUT2D eigenvalue weighted by Crippen LogP contribution is -2.78. The summed E-state index contributed by atoms with van der Waals surface area (Å²) in [7, 11) is 2.36. The Kier molecular flexibility index (Phi) is 6.46. The van der Waals surface area contributed by atoms with Crippen LogP contribution in [0.3, 0.4) is 0 Å². The second kappa shape index (κ2) is 6.77. The molecule has 5 N–H and O–H groups in total. The van der Waals surface area contributed by atoms with E-state index in [1.165, 1.54) is 0 Å². The fourth-order valence-electron chi connectivity index (χ4n) is 1.09. The molecule has 0 atom stereocenters. The SMILES string of the molecule is CO[Si](CCC[NH+]=C(N)N)(OC)OC. The smallest absolute Gasteiger partial charge is 0.377 e. The average molecular weight is 222 g/mol. The quantitative estimate of drug-likeness (QED) is 0.193. The summed E-state index contributed by atoms with van der Waals surface area (Å²) in [5.74, 6) is 0.226. The third-order valence-electron chi connectivity index (χ3n) is 1.92. The van der Waals surface area contributed by atoms with Crippen molar-refractivity contribution >= 4 is 14.8 Å². The topological polar surface area (TPSA) is 93.7 Å². The summed E-state index contributed by atoms with van der Waals surface area (Å²) in [5, 5.41) is 0. The molecule has 0 radical (unpaired) electrons. The van der Waals surface area contributed by atoms with Crippen LogP contribution in [0.15, 0.2) is 0 Å². The Morgan fingerprint density at radius 1 is 1.14 bits per heavy atom. The van der Waals surface area contributed by atoms with Gasteiger partial charge in [-0.25, -0.2) is 0 Å². The van der Waals surface area contributed by atoms with Gasteiger partial charge in [0.1, 0.15) is 0 Å². The minimum atomic E-state index is -2.42. The molecule has 0 aliphatic rings. The lowest BCUT2D eigenvalue weighted by Gasteiger charge is -2.23. The second-order valence-electron chi connectivity index (χ2n) is 2.78. The molecule has 0 rings (SSSR count). The standard InChI is InChI=1S/C7H19N3O3Si/c1-11-14(12-2,13-3)6-4-5-10-7(8)9/h4-6H2,1-3H3,(H4,8,9,10)/p+1. The van der Waals surface area contributed by atoms with Gasteiger partial charge in [0.2, 0.25) is 0 Å². The van der Waals surface area contributed by atoms with Crippen LogP contribution in [-0.2, 0) is 13.3 Å². The van der Waals surface area contributed by atoms with Gasteiger partial charge in [-0.1, -0.05) is 0 Å². The van der Waals surface area contributed by atoms with Gasteiger partial charge < -0.3 is 13.3 Å². The summed E-state index contributed by atoms with van der Waals surface area (Å²) < 4.78 is 15.7. The highest BCUT2D eigenvalue weighted by Crippen LogP contribution is 2.13. The Bertz CT molecular complexity index is 173. The number of nitrogens with one attached hydrogen (secondary N) is 1. The van der Waals surface area contributed by atoms with Gasteiger partial charge >= 0.3 is 14.8 Å². The van der Waals surface area contributed by atoms with Crippen molar-refractivity contribution in [3.05, 3.63) is 0 Å². The lowest BCUT2D eigenvalue weighted by atomic mass is 10.5. The van der Waals surface area contributed by atoms with Crippen molar-refractivity contribution in [2.24, 2.45) is 11.5 Å². The molecule has 0 aliphatic carbocycles. The highest BCUT2D eigenvalue weighted by molar-refractivity contribution is 6.60. The monoisotopic (exact) mass is 222 g/mol. The van der Waals surface area contributed by atoms with Crippen LogP contribution in [0.5, 0.6) is 0 Å². The van der Waals surface area contributed by atoms with Crippen LogP contribution in [0, 0.1) is 0 Å². The van der Waals surface area contributed by atoms with Gasteiger partial charge in [-0.3, -0.25) is 16.5 Å². The lowest BCUT2D eigenvalue weighted by molar-refractivity contribution is -0.459. The van der Waals surface area contributed by atoms with Crippen molar-refractivity contribution in [1.29, 1.82) is 0 Å². The van der Waals surface area contributed by atoms with Crippen LogP contribution < -0.4 is 16.5 Å². The molecule has 0 aliphatic heterocycles. The Labute approximate surface area is 85.6 Å². The fraction of sp³-hybridized carbons (Fsp3) is 0.857. The number of hydrogen-bond acceptors (Lipinski definition) is 3. The predicted molar refractivity (Wildman–Crippen MR) is 55.4 cm³/mol. The molecule has 0 fully saturated rings. The third-order valence-corrected chi connectivity index (χ3v) is 4.75. The first-order valence-corrected chi connectivity index (χ1v) is 6.30. The molecule has 0 amide bonds. The molecule has 14 heavy (non-hydrogen) atoms. The molecule has 0 aromatic heterocycles. The van der Waals surface area contributed by atoms with Gasteiger partial charge in [-0.15, -0.1) is 0 Å². The van der Waals surface area contributed by atoms with E-state index in [0.717, 1.165) is 12.5 Å². The molecule has 0 aromatic rings. The van der Waals surface area contributed by atoms with Crippen molar-refractivity contribution in [3.63, 3.8) is 0 Å². The van der Waals surface area contributed by atoms with Gasteiger partial charge in [0.15, 0.2) is 0 Å². The van der Waals surface area contributed by atoms with Crippen LogP contribution in [0.4, 0.5) is 0 Å². The van der Waals surface area contributed by atoms with Gasteiger partial charge in [-0.05, 0) is 6.42 Å². The maximum absolute atomic E-state index is 5.24. The number of hydrogen-bond donors (Lipinski definition) is 3. The third kappa shape index (κ3) is 4.56. The maximum Gasteiger partial charge on any atom is 0.500 e. The van der Waals surface area contributed by atoms with Gasteiger partial charge in [0.25, 0.3) is 0 Å². The molecule has 0 bridgehead atoms. The zero-order chi connectivity index (χ0) is 11.0. The molecule has 0 heterocycles. The summed E-state index contributed by atoms with van der Waals surface area (Å²) >= 11 is 0. The van der Waals surface area contributed by atoms with Crippen molar-refractivity contribution < 1.29 is 18.3 Å². The summed E-state index contributed by atoms with van der Waals surface area (Å²) in [6, 6.07) is 0.733. The molecule has 6 nitrogen and oxygen atoms in total. The van der Waals surface area contributed by atoms with E-state index in [0.29, 0.717) is 6.54 Å². The first kappa shape index (κ1) is 13.4. The minimum Gasteiger partial charge on any atom is -0.377 e. The van der Waals surface area contributed by atoms with E-state index >= 15 is 0 Å². The zero-order valence-corrected chi connectivity index (χ0v) is 10.0. The summed E-state index contributed by atoms with van der Waals surface area (Å²) in [6.07, 6.45) is 0.833. The number of nitrogens with two attached hydrogens (primary N) is 2. The number of guanidine groups is 1. The molecule has 7 heteroatoms. The number of rotatable bonds is 7. The Balaban J connectivity index is 3.89. The van der Waals surface area contributed by atoms with E-state index in [1.54, 1.807) is 21.3 Å². The first-order chi connectivity index (χ1) is 6.60. The molecule has 0 aromatic carbocycles. The van der Waals surface area contributed by atoms with E-state index in [4.69, 9.17) is 24.7 Å². The van der Waals surface area contributed by atoms with Gasteiger partial charge in [-0.2, -0.15) is 0 Å². The van der Waals surface area contributed by atoms with E-state index in [1.807, 2.05) is 0 Å². The van der Waals surface area contributed by atoms with Gasteiger partial charge in [0.05, 0.1) is 6.54 Å². The molecule has 84 valence electrons. The van der Waals surface area contributed by atoms with Crippen molar-refractivity contribution in [2.45, 2.75) is 12.5 Å². The molecule has 0 saturated heterocycles. The van der Waals surface area contributed by atoms with Crippen LogP contribution in [-0.4, -0.2) is 42.6 Å². The summed E-state index contributed by atoms with van der Waals surface area (Å²) in [6.45, 7) is 0.688. The molecule has 0 unspecified atom stereocenters. The van der Waals surface area contributed by atoms with E-state index < -0.39 is 8.80 Å². The zero-order valence-electron chi connectivity index (χ0n) is 9.00. The maximum atomic E-state index is 5.24.